The lowest BCUT2D eigenvalue weighted by Gasteiger charge is -2.47. The first-order valence-corrected chi connectivity index (χ1v) is 11.2. The molecule has 0 bridgehead atoms. The zero-order valence-corrected chi connectivity index (χ0v) is 19.3. The summed E-state index contributed by atoms with van der Waals surface area (Å²) in [5.41, 5.74) is 8.64. The number of carbonyl (C=O) groups is 1. The van der Waals surface area contributed by atoms with Gasteiger partial charge in [0.25, 0.3) is 0 Å². The zero-order chi connectivity index (χ0) is 22.0. The summed E-state index contributed by atoms with van der Waals surface area (Å²) < 4.78 is 17.1. The van der Waals surface area contributed by atoms with Crippen LogP contribution in [-0.4, -0.2) is 50.3 Å². The largest absolute Gasteiger partial charge is 0.493 e. The molecule has 0 spiro atoms. The number of rotatable bonds is 7. The lowest BCUT2D eigenvalue weighted by Crippen LogP contribution is -2.51. The zero-order valence-electron chi connectivity index (χ0n) is 19.3. The van der Waals surface area contributed by atoms with Gasteiger partial charge in [0.15, 0.2) is 11.5 Å². The van der Waals surface area contributed by atoms with Crippen LogP contribution in [0.4, 0.5) is 0 Å². The number of benzene rings is 1. The lowest BCUT2D eigenvalue weighted by molar-refractivity contribution is -0.160. The Hall–Kier alpha value is -1.79. The van der Waals surface area contributed by atoms with Crippen molar-refractivity contribution in [2.24, 2.45) is 23.5 Å². The van der Waals surface area contributed by atoms with Gasteiger partial charge in [-0.15, -0.1) is 0 Å². The van der Waals surface area contributed by atoms with E-state index in [-0.39, 0.29) is 24.0 Å². The van der Waals surface area contributed by atoms with Gasteiger partial charge in [-0.25, -0.2) is 0 Å². The number of nitrogens with zero attached hydrogens (tertiary/aromatic N) is 1. The molecule has 0 amide bonds. The molecule has 1 saturated heterocycles. The molecule has 6 heteroatoms. The average molecular weight is 419 g/mol. The quantitative estimate of drug-likeness (QED) is 0.683. The van der Waals surface area contributed by atoms with E-state index in [9.17, 15) is 4.79 Å². The third-order valence-electron chi connectivity index (χ3n) is 6.60. The molecular formula is C24H38N2O4. The van der Waals surface area contributed by atoms with Crippen molar-refractivity contribution in [3.8, 4) is 11.5 Å². The van der Waals surface area contributed by atoms with Gasteiger partial charge in [-0.05, 0) is 47.9 Å². The number of piperidine rings is 1. The highest BCUT2D eigenvalue weighted by Gasteiger charge is 2.41. The molecule has 1 aromatic carbocycles. The standard InChI is InChI=1S/C24H38N2O4/c1-14(2)9-17-13-26-8-7-16-10-21(28-5)22(29-6)11-18(16)19(26)12-20(17)30-24(27)23(25)15(3)4/h10-11,14-15,17,19-20,23H,7-9,12-13,25H2,1-6H3/t17?,19?,20?,23-/m1/s1. The molecule has 0 aliphatic carbocycles. The van der Waals surface area contributed by atoms with Gasteiger partial charge in [0.05, 0.1) is 14.2 Å². The molecule has 2 aliphatic rings. The van der Waals surface area contributed by atoms with Crippen molar-refractivity contribution in [2.75, 3.05) is 27.3 Å². The summed E-state index contributed by atoms with van der Waals surface area (Å²) in [6, 6.07) is 3.84. The number of nitrogens with two attached hydrogens (primary N) is 1. The van der Waals surface area contributed by atoms with Crippen LogP contribution in [0.5, 0.6) is 11.5 Å². The van der Waals surface area contributed by atoms with E-state index in [0.29, 0.717) is 11.8 Å². The first-order chi connectivity index (χ1) is 14.2. The Bertz CT molecular complexity index is 749. The van der Waals surface area contributed by atoms with Gasteiger partial charge in [-0.3, -0.25) is 9.69 Å². The second-order valence-corrected chi connectivity index (χ2v) is 9.54. The van der Waals surface area contributed by atoms with Gasteiger partial charge in [0.1, 0.15) is 12.1 Å². The number of fused-ring (bicyclic) bond motifs is 3. The highest BCUT2D eigenvalue weighted by atomic mass is 16.5. The minimum atomic E-state index is -0.578. The Morgan fingerprint density at radius 2 is 1.83 bits per heavy atom. The molecule has 0 radical (unpaired) electrons. The molecule has 1 fully saturated rings. The molecule has 1 aromatic rings. The smallest absolute Gasteiger partial charge is 0.323 e. The van der Waals surface area contributed by atoms with Crippen molar-refractivity contribution in [3.63, 3.8) is 0 Å². The van der Waals surface area contributed by atoms with Crippen LogP contribution in [0.3, 0.4) is 0 Å². The number of methoxy groups -OCH3 is 2. The summed E-state index contributed by atoms with van der Waals surface area (Å²) in [6.07, 6.45) is 2.70. The predicted octanol–water partition coefficient (Wildman–Crippen LogP) is 3.56. The van der Waals surface area contributed by atoms with E-state index in [4.69, 9.17) is 19.9 Å². The van der Waals surface area contributed by atoms with Crippen molar-refractivity contribution in [3.05, 3.63) is 23.3 Å². The van der Waals surface area contributed by atoms with Crippen molar-refractivity contribution >= 4 is 5.97 Å². The van der Waals surface area contributed by atoms with Crippen LogP contribution in [0.1, 0.15) is 57.7 Å². The molecule has 4 atom stereocenters. The van der Waals surface area contributed by atoms with E-state index in [1.165, 1.54) is 11.1 Å². The van der Waals surface area contributed by atoms with Crippen LogP contribution < -0.4 is 15.2 Å². The van der Waals surface area contributed by atoms with Crippen LogP contribution >= 0.6 is 0 Å². The average Bonchev–Trinajstić information content (AvgIpc) is 2.71. The van der Waals surface area contributed by atoms with E-state index < -0.39 is 6.04 Å². The molecule has 2 aliphatic heterocycles. The Labute approximate surface area is 181 Å². The molecule has 3 rings (SSSR count). The highest BCUT2D eigenvalue weighted by Crippen LogP contribution is 2.44. The second kappa shape index (κ2) is 9.56. The second-order valence-electron chi connectivity index (χ2n) is 9.54. The first kappa shape index (κ1) is 22.9. The molecule has 0 saturated carbocycles. The monoisotopic (exact) mass is 418 g/mol. The molecule has 2 heterocycles. The number of carbonyl (C=O) groups excluding carboxylic acids is 1. The van der Waals surface area contributed by atoms with E-state index in [1.54, 1.807) is 14.2 Å². The summed E-state index contributed by atoms with van der Waals surface area (Å²) in [5, 5.41) is 0. The van der Waals surface area contributed by atoms with Gasteiger partial charge in [0.2, 0.25) is 0 Å². The van der Waals surface area contributed by atoms with E-state index in [2.05, 4.69) is 30.9 Å². The normalized spacial score (nSPS) is 24.9. The summed E-state index contributed by atoms with van der Waals surface area (Å²) in [5.74, 6) is 2.18. The fourth-order valence-corrected chi connectivity index (χ4v) is 4.88. The van der Waals surface area contributed by atoms with Crippen molar-refractivity contribution in [2.45, 2.75) is 65.1 Å². The molecule has 3 unspecified atom stereocenters. The Kier molecular flexibility index (Phi) is 7.30. The molecule has 168 valence electrons. The fraction of sp³-hybridized carbons (Fsp3) is 0.708. The Balaban J connectivity index is 1.88. The van der Waals surface area contributed by atoms with Crippen LogP contribution in [-0.2, 0) is 16.0 Å². The maximum atomic E-state index is 12.7. The molecule has 2 N–H and O–H groups in total. The topological polar surface area (TPSA) is 74.0 Å². The van der Waals surface area contributed by atoms with E-state index in [0.717, 1.165) is 43.9 Å². The maximum Gasteiger partial charge on any atom is 0.323 e. The highest BCUT2D eigenvalue weighted by molar-refractivity contribution is 5.76. The molecule has 0 aromatic heterocycles. The maximum absolute atomic E-state index is 12.7. The third kappa shape index (κ3) is 4.75. The lowest BCUT2D eigenvalue weighted by atomic mass is 9.79. The minimum Gasteiger partial charge on any atom is -0.493 e. The van der Waals surface area contributed by atoms with Crippen LogP contribution in [0, 0.1) is 17.8 Å². The van der Waals surface area contributed by atoms with Crippen molar-refractivity contribution < 1.29 is 19.0 Å². The summed E-state index contributed by atoms with van der Waals surface area (Å²) >= 11 is 0. The molecule has 30 heavy (non-hydrogen) atoms. The van der Waals surface area contributed by atoms with Crippen LogP contribution in [0.25, 0.3) is 0 Å². The van der Waals surface area contributed by atoms with Gasteiger partial charge < -0.3 is 19.9 Å². The van der Waals surface area contributed by atoms with Gasteiger partial charge in [-0.1, -0.05) is 27.7 Å². The van der Waals surface area contributed by atoms with Gasteiger partial charge >= 0.3 is 5.97 Å². The van der Waals surface area contributed by atoms with Crippen LogP contribution in [0.2, 0.25) is 0 Å². The molecule has 6 nitrogen and oxygen atoms in total. The van der Waals surface area contributed by atoms with Crippen molar-refractivity contribution in [1.82, 2.24) is 4.90 Å². The third-order valence-corrected chi connectivity index (χ3v) is 6.60. The predicted molar refractivity (Wildman–Crippen MR) is 118 cm³/mol. The molecular weight excluding hydrogens is 380 g/mol. The van der Waals surface area contributed by atoms with Gasteiger partial charge in [-0.2, -0.15) is 0 Å². The van der Waals surface area contributed by atoms with Crippen molar-refractivity contribution in [1.29, 1.82) is 0 Å². The Morgan fingerprint density at radius 1 is 1.17 bits per heavy atom. The number of hydrogen-bond acceptors (Lipinski definition) is 6. The summed E-state index contributed by atoms with van der Waals surface area (Å²) in [7, 11) is 3.34. The first-order valence-electron chi connectivity index (χ1n) is 11.2. The SMILES string of the molecule is COc1cc2c(cc1OC)C1CC(OC(=O)[C@H](N)C(C)C)C(CC(C)C)CN1CC2. The number of hydrogen-bond donors (Lipinski definition) is 1. The Morgan fingerprint density at radius 3 is 2.43 bits per heavy atom. The number of ether oxygens (including phenoxy) is 3. The summed E-state index contributed by atoms with van der Waals surface area (Å²) in [6.45, 7) is 10.3. The van der Waals surface area contributed by atoms with E-state index >= 15 is 0 Å². The minimum absolute atomic E-state index is 0.0632. The summed E-state index contributed by atoms with van der Waals surface area (Å²) in [4.78, 5) is 15.2. The number of esters is 1. The van der Waals surface area contributed by atoms with Gasteiger partial charge in [0, 0.05) is 31.5 Å². The van der Waals surface area contributed by atoms with E-state index in [1.807, 2.05) is 13.8 Å². The van der Waals surface area contributed by atoms with Crippen LogP contribution in [0.15, 0.2) is 12.1 Å². The fourth-order valence-electron chi connectivity index (χ4n) is 4.88.